The van der Waals surface area contributed by atoms with E-state index in [1.807, 2.05) is 32.0 Å². The summed E-state index contributed by atoms with van der Waals surface area (Å²) < 4.78 is 10.4. The van der Waals surface area contributed by atoms with E-state index in [0.29, 0.717) is 37.6 Å². The molecule has 0 bridgehead atoms. The SMILES string of the molecule is CCOC(=O)C1CCN(c2nc(C)nc3c2CN(C(=O)Nc2cccc(OC)c2)CC3)CC1. The number of anilines is 2. The van der Waals surface area contributed by atoms with Crippen molar-refractivity contribution in [2.45, 2.75) is 39.7 Å². The number of aromatic nitrogens is 2. The first-order valence-electron chi connectivity index (χ1n) is 11.5. The fourth-order valence-corrected chi connectivity index (χ4v) is 4.44. The van der Waals surface area contributed by atoms with Crippen LogP contribution in [0.25, 0.3) is 0 Å². The van der Waals surface area contributed by atoms with Crippen molar-refractivity contribution in [1.82, 2.24) is 14.9 Å². The second-order valence-electron chi connectivity index (χ2n) is 8.37. The number of methoxy groups -OCH3 is 1. The number of piperidine rings is 1. The van der Waals surface area contributed by atoms with Crippen LogP contribution in [-0.4, -0.2) is 60.2 Å². The number of aryl methyl sites for hydroxylation is 1. The van der Waals surface area contributed by atoms with E-state index in [2.05, 4.69) is 15.2 Å². The maximum absolute atomic E-state index is 13.0. The van der Waals surface area contributed by atoms with Crippen LogP contribution in [0.5, 0.6) is 5.75 Å². The average molecular weight is 454 g/mol. The Kier molecular flexibility index (Phi) is 6.96. The third-order valence-electron chi connectivity index (χ3n) is 6.17. The van der Waals surface area contributed by atoms with Crippen LogP contribution in [-0.2, 0) is 22.5 Å². The number of benzene rings is 1. The van der Waals surface area contributed by atoms with Crippen LogP contribution in [0.4, 0.5) is 16.3 Å². The molecule has 0 unspecified atom stereocenters. The lowest BCUT2D eigenvalue weighted by atomic mass is 9.96. The molecular formula is C24H31N5O4. The van der Waals surface area contributed by atoms with E-state index < -0.39 is 0 Å². The van der Waals surface area contributed by atoms with Crippen LogP contribution in [0.15, 0.2) is 24.3 Å². The minimum atomic E-state index is -0.165. The van der Waals surface area contributed by atoms with Gasteiger partial charge in [-0.15, -0.1) is 0 Å². The summed E-state index contributed by atoms with van der Waals surface area (Å²) in [6, 6.07) is 7.14. The number of esters is 1. The van der Waals surface area contributed by atoms with E-state index >= 15 is 0 Å². The van der Waals surface area contributed by atoms with Gasteiger partial charge in [0.05, 0.1) is 31.9 Å². The monoisotopic (exact) mass is 453 g/mol. The van der Waals surface area contributed by atoms with E-state index in [1.54, 1.807) is 18.1 Å². The molecule has 1 aromatic carbocycles. The van der Waals surface area contributed by atoms with Gasteiger partial charge in [0.1, 0.15) is 17.4 Å². The minimum absolute atomic E-state index is 0.0647. The Morgan fingerprint density at radius 3 is 2.70 bits per heavy atom. The van der Waals surface area contributed by atoms with Gasteiger partial charge in [0.15, 0.2) is 0 Å². The standard InChI is InChI=1S/C24H31N5O4/c1-4-33-23(30)17-8-11-28(12-9-17)22-20-15-29(13-10-21(20)25-16(2)26-22)24(31)27-18-6-5-7-19(14-18)32-3/h5-7,14,17H,4,8-13,15H2,1-3H3,(H,27,31). The average Bonchev–Trinajstić information content (AvgIpc) is 2.83. The molecule has 9 heteroatoms. The van der Waals surface area contributed by atoms with Crippen LogP contribution < -0.4 is 15.0 Å². The van der Waals surface area contributed by atoms with Gasteiger partial charge in [0, 0.05) is 43.4 Å². The molecular weight excluding hydrogens is 422 g/mol. The van der Waals surface area contributed by atoms with Crippen molar-refractivity contribution in [2.75, 3.05) is 43.6 Å². The molecule has 1 aromatic heterocycles. The molecule has 1 saturated heterocycles. The molecule has 0 atom stereocenters. The maximum atomic E-state index is 13.0. The molecule has 1 fully saturated rings. The Labute approximate surface area is 194 Å². The van der Waals surface area contributed by atoms with Crippen molar-refractivity contribution < 1.29 is 19.1 Å². The second-order valence-corrected chi connectivity index (χ2v) is 8.37. The van der Waals surface area contributed by atoms with E-state index in [9.17, 15) is 9.59 Å². The zero-order valence-corrected chi connectivity index (χ0v) is 19.5. The lowest BCUT2D eigenvalue weighted by molar-refractivity contribution is -0.148. The Hall–Kier alpha value is -3.36. The summed E-state index contributed by atoms with van der Waals surface area (Å²) in [6.45, 7) is 6.62. The second kappa shape index (κ2) is 10.1. The number of carbonyl (C=O) groups is 2. The number of hydrogen-bond acceptors (Lipinski definition) is 7. The summed E-state index contributed by atoms with van der Waals surface area (Å²) in [5.41, 5.74) is 2.67. The van der Waals surface area contributed by atoms with Crippen molar-refractivity contribution in [2.24, 2.45) is 5.92 Å². The van der Waals surface area contributed by atoms with Crippen LogP contribution in [0, 0.1) is 12.8 Å². The zero-order chi connectivity index (χ0) is 23.4. The number of nitrogens with zero attached hydrogens (tertiary/aromatic N) is 4. The van der Waals surface area contributed by atoms with E-state index in [0.717, 1.165) is 48.8 Å². The van der Waals surface area contributed by atoms with E-state index in [-0.39, 0.29) is 17.9 Å². The number of fused-ring (bicyclic) bond motifs is 1. The van der Waals surface area contributed by atoms with Crippen molar-refractivity contribution in [1.29, 1.82) is 0 Å². The fourth-order valence-electron chi connectivity index (χ4n) is 4.44. The van der Waals surface area contributed by atoms with Gasteiger partial charge >= 0.3 is 12.0 Å². The van der Waals surface area contributed by atoms with Crippen LogP contribution in [0.2, 0.25) is 0 Å². The van der Waals surface area contributed by atoms with Gasteiger partial charge in [0.25, 0.3) is 0 Å². The summed E-state index contributed by atoms with van der Waals surface area (Å²) in [6.07, 6.45) is 2.14. The molecule has 2 aliphatic rings. The van der Waals surface area contributed by atoms with Gasteiger partial charge in [0.2, 0.25) is 0 Å². The minimum Gasteiger partial charge on any atom is -0.497 e. The molecule has 176 valence electrons. The fraction of sp³-hybridized carbons (Fsp3) is 0.500. The van der Waals surface area contributed by atoms with Crippen molar-refractivity contribution >= 4 is 23.5 Å². The molecule has 9 nitrogen and oxygen atoms in total. The Morgan fingerprint density at radius 1 is 1.18 bits per heavy atom. The third kappa shape index (κ3) is 5.18. The molecule has 3 heterocycles. The highest BCUT2D eigenvalue weighted by atomic mass is 16.5. The van der Waals surface area contributed by atoms with Crippen LogP contribution in [0.3, 0.4) is 0 Å². The molecule has 4 rings (SSSR count). The highest BCUT2D eigenvalue weighted by molar-refractivity contribution is 5.89. The van der Waals surface area contributed by atoms with Crippen molar-refractivity contribution in [3.05, 3.63) is 41.3 Å². The number of urea groups is 1. The highest BCUT2D eigenvalue weighted by Crippen LogP contribution is 2.30. The number of ether oxygens (including phenoxy) is 2. The molecule has 1 N–H and O–H groups in total. The van der Waals surface area contributed by atoms with Gasteiger partial charge in [-0.05, 0) is 38.8 Å². The number of hydrogen-bond donors (Lipinski definition) is 1. The number of carbonyl (C=O) groups excluding carboxylic acids is 2. The molecule has 2 aliphatic heterocycles. The molecule has 0 spiro atoms. The summed E-state index contributed by atoms with van der Waals surface area (Å²) in [5, 5.41) is 2.96. The Balaban J connectivity index is 1.48. The predicted molar refractivity (Wildman–Crippen MR) is 124 cm³/mol. The molecule has 0 radical (unpaired) electrons. The predicted octanol–water partition coefficient (Wildman–Crippen LogP) is 3.16. The van der Waals surface area contributed by atoms with Crippen molar-refractivity contribution in [3.8, 4) is 5.75 Å². The third-order valence-corrected chi connectivity index (χ3v) is 6.17. The van der Waals surface area contributed by atoms with E-state index in [1.165, 1.54) is 0 Å². The lowest BCUT2D eigenvalue weighted by Gasteiger charge is -2.36. The highest BCUT2D eigenvalue weighted by Gasteiger charge is 2.31. The van der Waals surface area contributed by atoms with E-state index in [4.69, 9.17) is 14.5 Å². The first-order valence-corrected chi connectivity index (χ1v) is 11.5. The van der Waals surface area contributed by atoms with Gasteiger partial charge in [-0.1, -0.05) is 6.07 Å². The molecule has 33 heavy (non-hydrogen) atoms. The topological polar surface area (TPSA) is 96.9 Å². The Morgan fingerprint density at radius 2 is 1.97 bits per heavy atom. The Bertz CT molecular complexity index is 1020. The van der Waals surface area contributed by atoms with Gasteiger partial charge < -0.3 is 24.6 Å². The van der Waals surface area contributed by atoms with Gasteiger partial charge in [-0.25, -0.2) is 14.8 Å². The van der Waals surface area contributed by atoms with Gasteiger partial charge in [-0.3, -0.25) is 4.79 Å². The summed E-state index contributed by atoms with van der Waals surface area (Å²) in [7, 11) is 1.60. The summed E-state index contributed by atoms with van der Waals surface area (Å²) >= 11 is 0. The largest absolute Gasteiger partial charge is 0.497 e. The summed E-state index contributed by atoms with van der Waals surface area (Å²) in [5.74, 6) is 2.11. The first-order chi connectivity index (χ1) is 16.0. The van der Waals surface area contributed by atoms with Crippen LogP contribution in [0.1, 0.15) is 36.8 Å². The zero-order valence-electron chi connectivity index (χ0n) is 19.5. The normalized spacial score (nSPS) is 16.2. The molecule has 0 saturated carbocycles. The van der Waals surface area contributed by atoms with Gasteiger partial charge in [-0.2, -0.15) is 0 Å². The number of nitrogens with one attached hydrogen (secondary N) is 1. The maximum Gasteiger partial charge on any atom is 0.322 e. The van der Waals surface area contributed by atoms with Crippen molar-refractivity contribution in [3.63, 3.8) is 0 Å². The summed E-state index contributed by atoms with van der Waals surface area (Å²) in [4.78, 5) is 38.5. The first kappa shape index (κ1) is 22.8. The lowest BCUT2D eigenvalue weighted by Crippen LogP contribution is -2.42. The smallest absolute Gasteiger partial charge is 0.322 e. The van der Waals surface area contributed by atoms with Crippen LogP contribution >= 0.6 is 0 Å². The number of rotatable bonds is 5. The molecule has 0 aliphatic carbocycles. The quantitative estimate of drug-likeness (QED) is 0.695. The number of amides is 2. The molecule has 2 aromatic rings. The molecule has 2 amide bonds.